The van der Waals surface area contributed by atoms with E-state index in [1.165, 1.54) is 11.9 Å². The topological polar surface area (TPSA) is 24.7 Å². The summed E-state index contributed by atoms with van der Waals surface area (Å²) in [5.74, 6) is 0. The van der Waals surface area contributed by atoms with Gasteiger partial charge in [0.25, 0.3) is 0 Å². The molecule has 0 atom stereocenters. The van der Waals surface area contributed by atoms with Crippen LogP contribution < -0.4 is 0 Å². The van der Waals surface area contributed by atoms with E-state index in [1.54, 1.807) is 0 Å². The first-order valence-corrected chi connectivity index (χ1v) is 4.07. The molecule has 0 aromatic carbocycles. The molecule has 0 rings (SSSR count). The average Bonchev–Trinajstić information content (AvgIpc) is 2.03. The molecule has 0 radical (unpaired) electrons. The predicted octanol–water partition coefficient (Wildman–Crippen LogP) is 3.14. The van der Waals surface area contributed by atoms with Crippen LogP contribution in [0.25, 0.3) is 0 Å². The van der Waals surface area contributed by atoms with Gasteiger partial charge in [-0.25, -0.2) is 4.99 Å². The molecule has 0 saturated carbocycles. The van der Waals surface area contributed by atoms with Crippen molar-refractivity contribution in [3.63, 3.8) is 0 Å². The Kier molecular flexibility index (Phi) is 5.44. The van der Waals surface area contributed by atoms with Crippen molar-refractivity contribution in [3.05, 3.63) is 35.6 Å². The number of nitrogens with zero attached hydrogens (tertiary/aromatic N) is 2. The summed E-state index contributed by atoms with van der Waals surface area (Å²) in [6.45, 7) is 13.1. The molecular weight excluding hydrogens is 160 g/mol. The maximum absolute atomic E-state index is 4.08. The summed E-state index contributed by atoms with van der Waals surface area (Å²) < 4.78 is 0. The highest BCUT2D eigenvalue weighted by atomic mass is 14.8. The molecule has 0 fully saturated rings. The summed E-state index contributed by atoms with van der Waals surface area (Å²) in [6.07, 6.45) is 5.32. The minimum atomic E-state index is 0.827. The molecule has 0 amide bonds. The molecular formula is C11H16N2. The summed E-state index contributed by atoms with van der Waals surface area (Å²) in [5, 5.41) is 0. The number of rotatable bonds is 4. The van der Waals surface area contributed by atoms with Gasteiger partial charge in [-0.3, -0.25) is 4.99 Å². The van der Waals surface area contributed by atoms with Gasteiger partial charge in [0.05, 0.1) is 5.70 Å². The van der Waals surface area contributed by atoms with Gasteiger partial charge in [0.15, 0.2) is 0 Å². The standard InChI is InChI=1S/C11H16N2/c1-9(2)6-7-11(10(3)4)13-8-12-5/h6-8H,3,5H2,1-2,4H3/b11-7+,13-8?. The van der Waals surface area contributed by atoms with Crippen LogP contribution in [0.4, 0.5) is 0 Å². The van der Waals surface area contributed by atoms with Crippen LogP contribution >= 0.6 is 0 Å². The van der Waals surface area contributed by atoms with E-state index in [1.807, 2.05) is 32.9 Å². The molecule has 0 unspecified atom stereocenters. The van der Waals surface area contributed by atoms with E-state index >= 15 is 0 Å². The first-order valence-electron chi connectivity index (χ1n) is 4.07. The Morgan fingerprint density at radius 2 is 1.77 bits per heavy atom. The molecule has 2 heteroatoms. The van der Waals surface area contributed by atoms with Gasteiger partial charge >= 0.3 is 0 Å². The molecule has 0 aromatic rings. The maximum atomic E-state index is 4.08. The molecule has 0 aliphatic heterocycles. The Labute approximate surface area is 80.1 Å². The van der Waals surface area contributed by atoms with Gasteiger partial charge in [0.2, 0.25) is 0 Å². The zero-order valence-electron chi connectivity index (χ0n) is 8.54. The summed E-state index contributed by atoms with van der Waals surface area (Å²) in [7, 11) is 0. The first-order chi connectivity index (χ1) is 6.07. The van der Waals surface area contributed by atoms with Crippen molar-refractivity contribution in [3.8, 4) is 0 Å². The van der Waals surface area contributed by atoms with E-state index in [0.29, 0.717) is 0 Å². The average molecular weight is 176 g/mol. The molecule has 0 aliphatic carbocycles. The van der Waals surface area contributed by atoms with Crippen molar-refractivity contribution in [2.45, 2.75) is 20.8 Å². The molecule has 2 nitrogen and oxygen atoms in total. The van der Waals surface area contributed by atoms with Crippen molar-refractivity contribution >= 4 is 13.1 Å². The SMILES string of the molecule is C=NC=N/C(=C/C=C(C)C)C(=C)C. The summed E-state index contributed by atoms with van der Waals surface area (Å²) in [5.41, 5.74) is 2.96. The number of hydrogen-bond donors (Lipinski definition) is 0. The highest BCUT2D eigenvalue weighted by molar-refractivity contribution is 5.64. The van der Waals surface area contributed by atoms with Crippen LogP contribution in [-0.4, -0.2) is 13.1 Å². The summed E-state index contributed by atoms with van der Waals surface area (Å²) in [4.78, 5) is 7.62. The van der Waals surface area contributed by atoms with Gasteiger partial charge < -0.3 is 0 Å². The molecule has 0 aromatic heterocycles. The Bertz CT molecular complexity index is 276. The minimum absolute atomic E-state index is 0.827. The fourth-order valence-electron chi connectivity index (χ4n) is 0.644. The lowest BCUT2D eigenvalue weighted by molar-refractivity contribution is 1.29. The maximum Gasteiger partial charge on any atom is 0.115 e. The number of allylic oxidation sites excluding steroid dienone is 4. The lowest BCUT2D eigenvalue weighted by Gasteiger charge is -1.96. The van der Waals surface area contributed by atoms with Crippen molar-refractivity contribution in [2.75, 3.05) is 0 Å². The van der Waals surface area contributed by atoms with Gasteiger partial charge in [-0.05, 0) is 39.1 Å². The van der Waals surface area contributed by atoms with E-state index in [-0.39, 0.29) is 0 Å². The lowest BCUT2D eigenvalue weighted by Crippen LogP contribution is -1.79. The second kappa shape index (κ2) is 6.12. The van der Waals surface area contributed by atoms with Crippen molar-refractivity contribution in [1.29, 1.82) is 0 Å². The first kappa shape index (κ1) is 11.6. The van der Waals surface area contributed by atoms with E-state index in [2.05, 4.69) is 23.3 Å². The Morgan fingerprint density at radius 1 is 1.15 bits per heavy atom. The zero-order valence-corrected chi connectivity index (χ0v) is 8.54. The predicted molar refractivity (Wildman–Crippen MR) is 60.4 cm³/mol. The smallest absolute Gasteiger partial charge is 0.115 e. The molecule has 0 N–H and O–H groups in total. The third-order valence-corrected chi connectivity index (χ3v) is 1.29. The largest absolute Gasteiger partial charge is 0.253 e. The highest BCUT2D eigenvalue weighted by Gasteiger charge is 1.91. The van der Waals surface area contributed by atoms with Crippen LogP contribution in [0.3, 0.4) is 0 Å². The molecule has 0 spiro atoms. The van der Waals surface area contributed by atoms with Crippen LogP contribution in [-0.2, 0) is 0 Å². The normalized spacial score (nSPS) is 11.5. The summed E-state index contributed by atoms with van der Waals surface area (Å²) >= 11 is 0. The number of hydrogen-bond acceptors (Lipinski definition) is 1. The lowest BCUT2D eigenvalue weighted by atomic mass is 10.2. The van der Waals surface area contributed by atoms with Crippen LogP contribution in [0.15, 0.2) is 45.6 Å². The van der Waals surface area contributed by atoms with Crippen LogP contribution in [0, 0.1) is 0 Å². The van der Waals surface area contributed by atoms with Crippen LogP contribution in [0.5, 0.6) is 0 Å². The number of aliphatic imine (C=N–C) groups is 2. The molecule has 70 valence electrons. The molecule has 0 bridgehead atoms. The van der Waals surface area contributed by atoms with E-state index in [0.717, 1.165) is 11.3 Å². The zero-order chi connectivity index (χ0) is 10.3. The quantitative estimate of drug-likeness (QED) is 0.357. The van der Waals surface area contributed by atoms with Gasteiger partial charge in [0, 0.05) is 0 Å². The van der Waals surface area contributed by atoms with Gasteiger partial charge in [-0.15, -0.1) is 0 Å². The van der Waals surface area contributed by atoms with Crippen LogP contribution in [0.2, 0.25) is 0 Å². The fraction of sp³-hybridized carbons (Fsp3) is 0.273. The Hall–Kier alpha value is -1.44. The second-order valence-corrected chi connectivity index (χ2v) is 3.00. The monoisotopic (exact) mass is 176 g/mol. The Balaban J connectivity index is 4.70. The van der Waals surface area contributed by atoms with Crippen molar-refractivity contribution in [1.82, 2.24) is 0 Å². The van der Waals surface area contributed by atoms with E-state index < -0.39 is 0 Å². The molecule has 0 heterocycles. The molecule has 0 saturated heterocycles. The van der Waals surface area contributed by atoms with Crippen LogP contribution in [0.1, 0.15) is 20.8 Å². The third kappa shape index (κ3) is 5.79. The molecule has 13 heavy (non-hydrogen) atoms. The van der Waals surface area contributed by atoms with Crippen molar-refractivity contribution < 1.29 is 0 Å². The second-order valence-electron chi connectivity index (χ2n) is 3.00. The minimum Gasteiger partial charge on any atom is -0.253 e. The highest BCUT2D eigenvalue weighted by Crippen LogP contribution is 2.08. The van der Waals surface area contributed by atoms with Gasteiger partial charge in [-0.1, -0.05) is 18.2 Å². The van der Waals surface area contributed by atoms with Gasteiger partial charge in [0.1, 0.15) is 6.34 Å². The summed E-state index contributed by atoms with van der Waals surface area (Å²) in [6, 6.07) is 0. The third-order valence-electron chi connectivity index (χ3n) is 1.29. The fourth-order valence-corrected chi connectivity index (χ4v) is 0.644. The van der Waals surface area contributed by atoms with Crippen molar-refractivity contribution in [2.24, 2.45) is 9.98 Å². The van der Waals surface area contributed by atoms with E-state index in [4.69, 9.17) is 0 Å². The van der Waals surface area contributed by atoms with E-state index in [9.17, 15) is 0 Å². The molecule has 0 aliphatic rings. The van der Waals surface area contributed by atoms with Gasteiger partial charge in [-0.2, -0.15) is 0 Å². The Morgan fingerprint density at radius 3 is 2.15 bits per heavy atom.